The maximum atomic E-state index is 14.5. The van der Waals surface area contributed by atoms with Crippen LogP contribution in [0.5, 0.6) is 5.75 Å². The van der Waals surface area contributed by atoms with E-state index < -0.39 is 37.4 Å². The lowest BCUT2D eigenvalue weighted by molar-refractivity contribution is -0.139. The predicted molar refractivity (Wildman–Crippen MR) is 147 cm³/mol. The Kier molecular flexibility index (Phi) is 9.48. The minimum absolute atomic E-state index is 0.0687. The van der Waals surface area contributed by atoms with Crippen LogP contribution in [0.3, 0.4) is 0 Å². The van der Waals surface area contributed by atoms with Crippen LogP contribution in [0.25, 0.3) is 10.9 Å². The first-order valence-electron chi connectivity index (χ1n) is 12.7. The number of carbonyl (C=O) groups is 3. The molecule has 1 N–H and O–H groups in total. The van der Waals surface area contributed by atoms with Gasteiger partial charge >= 0.3 is 7.60 Å². The monoisotopic (exact) mass is 611 g/mol. The van der Waals surface area contributed by atoms with Crippen LogP contribution in [0.1, 0.15) is 36.2 Å². The van der Waals surface area contributed by atoms with E-state index in [0.29, 0.717) is 16.5 Å². The molecule has 0 saturated carbocycles. The number of amides is 2. The molecule has 2 amide bonds. The number of alkyl halides is 1. The summed E-state index contributed by atoms with van der Waals surface area (Å²) >= 11 is 5.79. The molecule has 41 heavy (non-hydrogen) atoms. The average Bonchev–Trinajstić information content (AvgIpc) is 3.53. The largest absolute Gasteiger partial charge is 0.368 e. The van der Waals surface area contributed by atoms with Gasteiger partial charge in [-0.1, -0.05) is 35.3 Å². The van der Waals surface area contributed by atoms with E-state index in [-0.39, 0.29) is 54.3 Å². The highest BCUT2D eigenvalue weighted by Gasteiger charge is 2.40. The van der Waals surface area contributed by atoms with E-state index in [9.17, 15) is 27.7 Å². The molecule has 1 saturated heterocycles. The van der Waals surface area contributed by atoms with Gasteiger partial charge < -0.3 is 24.2 Å². The molecule has 10 nitrogen and oxygen atoms in total. The van der Waals surface area contributed by atoms with Crippen LogP contribution in [0.15, 0.2) is 42.6 Å². The summed E-state index contributed by atoms with van der Waals surface area (Å²) in [7, 11) is -2.23. The molecule has 0 spiro atoms. The minimum Gasteiger partial charge on any atom is -0.350 e. The Balaban J connectivity index is 1.54. The summed E-state index contributed by atoms with van der Waals surface area (Å²) in [4.78, 5) is 45.0. The number of carbonyl (C=O) groups excluding carboxylic acids is 3. The van der Waals surface area contributed by atoms with Crippen LogP contribution in [-0.4, -0.2) is 59.1 Å². The smallest absolute Gasteiger partial charge is 0.350 e. The molecule has 1 aromatic heterocycles. The summed E-state index contributed by atoms with van der Waals surface area (Å²) in [5.41, 5.74) is 0.901. The number of likely N-dealkylation sites (tertiary alicyclic amines) is 1. The van der Waals surface area contributed by atoms with E-state index in [0.717, 1.165) is 4.90 Å². The summed E-state index contributed by atoms with van der Waals surface area (Å²) in [5.74, 6) is -1.99. The highest BCUT2D eigenvalue weighted by molar-refractivity contribution is 7.53. The molecule has 4 rings (SSSR count). The molecular formula is C27H29ClF2N3O7P. The fraction of sp³-hybridized carbons (Fsp3) is 0.370. The van der Waals surface area contributed by atoms with Crippen molar-refractivity contribution in [1.29, 1.82) is 0 Å². The number of hydrogen-bond acceptors (Lipinski definition) is 7. The zero-order valence-corrected chi connectivity index (χ0v) is 24.2. The maximum absolute atomic E-state index is 14.5. The normalized spacial score (nSPS) is 18.3. The lowest BCUT2D eigenvalue weighted by atomic mass is 10.1. The number of nitrogens with zero attached hydrogens (tertiary/aromatic N) is 2. The Bertz CT molecular complexity index is 1520. The van der Waals surface area contributed by atoms with Crippen molar-refractivity contribution >= 4 is 47.7 Å². The zero-order chi connectivity index (χ0) is 29.9. The van der Waals surface area contributed by atoms with Crippen LogP contribution < -0.4 is 10.2 Å². The molecule has 2 heterocycles. The first kappa shape index (κ1) is 30.6. The quantitative estimate of drug-likeness (QED) is 0.139. The highest BCUT2D eigenvalue weighted by Crippen LogP contribution is 2.47. The molecule has 1 aliphatic heterocycles. The molecular weight excluding hydrogens is 583 g/mol. The fourth-order valence-corrected chi connectivity index (χ4v) is 5.40. The summed E-state index contributed by atoms with van der Waals surface area (Å²) < 4.78 is 52.4. The lowest BCUT2D eigenvalue weighted by Crippen LogP contribution is -2.46. The number of halogens is 3. The molecule has 3 aromatic rings. The van der Waals surface area contributed by atoms with Crippen LogP contribution in [0.4, 0.5) is 8.78 Å². The predicted octanol–water partition coefficient (Wildman–Crippen LogP) is 5.06. The van der Waals surface area contributed by atoms with Crippen LogP contribution >= 0.6 is 19.2 Å². The third-order valence-corrected chi connectivity index (χ3v) is 8.73. The third kappa shape index (κ3) is 6.78. The van der Waals surface area contributed by atoms with Gasteiger partial charge in [0.25, 0.3) is 0 Å². The van der Waals surface area contributed by atoms with Crippen molar-refractivity contribution in [3.05, 3.63) is 64.6 Å². The first-order valence-corrected chi connectivity index (χ1v) is 14.9. The zero-order valence-electron chi connectivity index (χ0n) is 22.6. The molecule has 14 heteroatoms. The number of nitrogens with one attached hydrogen (secondary N) is 1. The standard InChI is InChI=1S/C27H29ClF2N3O7P/c1-4-41(37,38-3)40-39-19-8-9-20-21(16(2)34)14-32(23(20)11-19)15-25(35)33-13-18(29)10-24(33)27(36)31-12-17-6-5-7-22(28)26(17)30/h5-9,11,14,18,24H,4,10,12-13,15H2,1-3H3,(H,31,36)/t18-,24+,41?/m1/s1. The number of hydrogen-bond donors (Lipinski definition) is 1. The molecule has 2 aromatic carbocycles. The second-order valence-electron chi connectivity index (χ2n) is 9.50. The number of rotatable bonds is 11. The van der Waals surface area contributed by atoms with Crippen molar-refractivity contribution < 1.29 is 41.8 Å². The van der Waals surface area contributed by atoms with Gasteiger partial charge in [0.2, 0.25) is 11.8 Å². The van der Waals surface area contributed by atoms with Gasteiger partial charge in [-0.2, -0.15) is 0 Å². The summed E-state index contributed by atoms with van der Waals surface area (Å²) in [5, 5.41) is 2.98. The molecule has 1 fully saturated rings. The Morgan fingerprint density at radius 1 is 1.22 bits per heavy atom. The second kappa shape index (κ2) is 12.7. The van der Waals surface area contributed by atoms with E-state index in [1.165, 1.54) is 55.1 Å². The number of aromatic nitrogens is 1. The maximum Gasteiger partial charge on any atom is 0.368 e. The van der Waals surface area contributed by atoms with Crippen LogP contribution in [0, 0.1) is 5.82 Å². The summed E-state index contributed by atoms with van der Waals surface area (Å²) in [6.07, 6.45) is -0.0903. The van der Waals surface area contributed by atoms with E-state index >= 15 is 0 Å². The van der Waals surface area contributed by atoms with Gasteiger partial charge in [0.05, 0.1) is 23.2 Å². The van der Waals surface area contributed by atoms with Gasteiger partial charge in [0, 0.05) is 48.9 Å². The molecule has 1 unspecified atom stereocenters. The number of ketones is 1. The van der Waals surface area contributed by atoms with Gasteiger partial charge in [-0.3, -0.25) is 18.9 Å². The van der Waals surface area contributed by atoms with Crippen molar-refractivity contribution in [2.45, 2.75) is 45.6 Å². The average molecular weight is 612 g/mol. The Morgan fingerprint density at radius 2 is 1.98 bits per heavy atom. The SMILES string of the molecule is CCP(=O)(OC)OOc1ccc2c(C(C)=O)cn(CC(=O)N3C[C@H](F)C[C@H]3C(=O)NCc3cccc(Cl)c3F)c2c1. The van der Waals surface area contributed by atoms with Gasteiger partial charge in [-0.05, 0) is 25.1 Å². The Labute approximate surface area is 239 Å². The van der Waals surface area contributed by atoms with E-state index in [1.807, 2.05) is 0 Å². The number of benzene rings is 2. The highest BCUT2D eigenvalue weighted by atomic mass is 35.5. The van der Waals surface area contributed by atoms with E-state index in [1.54, 1.807) is 13.0 Å². The molecule has 0 aliphatic carbocycles. The van der Waals surface area contributed by atoms with E-state index in [2.05, 4.69) is 5.32 Å². The van der Waals surface area contributed by atoms with Gasteiger partial charge in [-0.15, -0.1) is 0 Å². The van der Waals surface area contributed by atoms with E-state index in [4.69, 9.17) is 25.7 Å². The topological polar surface area (TPSA) is 116 Å². The number of Topliss-reactive ketones (excluding diaryl/α,β-unsaturated/α-hetero) is 1. The van der Waals surface area contributed by atoms with Crippen molar-refractivity contribution in [3.63, 3.8) is 0 Å². The molecule has 1 aliphatic rings. The summed E-state index contributed by atoms with van der Waals surface area (Å²) in [6.45, 7) is 2.17. The minimum atomic E-state index is -3.46. The first-order chi connectivity index (χ1) is 19.5. The van der Waals surface area contributed by atoms with Gasteiger partial charge in [0.1, 0.15) is 24.6 Å². The Morgan fingerprint density at radius 3 is 2.66 bits per heavy atom. The van der Waals surface area contributed by atoms with Crippen molar-refractivity contribution in [3.8, 4) is 5.75 Å². The van der Waals surface area contributed by atoms with Crippen molar-refractivity contribution in [2.75, 3.05) is 19.8 Å². The fourth-order valence-electron chi connectivity index (χ4n) is 4.58. The van der Waals surface area contributed by atoms with Crippen molar-refractivity contribution in [1.82, 2.24) is 14.8 Å². The number of fused-ring (bicyclic) bond motifs is 1. The van der Waals surface area contributed by atoms with Crippen LogP contribution in [-0.2, 0) is 36.4 Å². The molecule has 3 atom stereocenters. The van der Waals surface area contributed by atoms with Gasteiger partial charge in [-0.25, -0.2) is 8.78 Å². The molecule has 220 valence electrons. The second-order valence-corrected chi connectivity index (χ2v) is 12.3. The lowest BCUT2D eigenvalue weighted by Gasteiger charge is -2.24. The summed E-state index contributed by atoms with van der Waals surface area (Å²) in [6, 6.07) is 7.85. The van der Waals surface area contributed by atoms with Crippen LogP contribution in [0.2, 0.25) is 5.02 Å². The third-order valence-electron chi connectivity index (χ3n) is 6.81. The van der Waals surface area contributed by atoms with Gasteiger partial charge in [0.15, 0.2) is 11.5 Å². The molecule has 0 bridgehead atoms. The Hall–Kier alpha value is -3.31. The van der Waals surface area contributed by atoms with Crippen molar-refractivity contribution in [2.24, 2.45) is 0 Å². The molecule has 0 radical (unpaired) electrons.